The summed E-state index contributed by atoms with van der Waals surface area (Å²) in [4.78, 5) is 0. The maximum atomic E-state index is 5.78. The molecule has 0 aromatic heterocycles. The third-order valence-corrected chi connectivity index (χ3v) is 3.77. The molecule has 0 heterocycles. The lowest BCUT2D eigenvalue weighted by molar-refractivity contribution is -0.0262. The van der Waals surface area contributed by atoms with E-state index < -0.39 is 0 Å². The molecule has 0 spiro atoms. The Labute approximate surface area is 129 Å². The number of benzene rings is 1. The summed E-state index contributed by atoms with van der Waals surface area (Å²) >= 11 is 2.32. The molecular weight excluding hydrogens is 353 g/mol. The molecule has 19 heavy (non-hydrogen) atoms. The van der Waals surface area contributed by atoms with Crippen LogP contribution in [0.4, 0.5) is 0 Å². The molecule has 0 radical (unpaired) electrons. The highest BCUT2D eigenvalue weighted by Gasteiger charge is 2.22. The topological polar surface area (TPSA) is 30.5 Å². The van der Waals surface area contributed by atoms with Crippen molar-refractivity contribution in [2.45, 2.75) is 32.5 Å². The first-order valence-electron chi connectivity index (χ1n) is 6.46. The molecule has 0 aliphatic heterocycles. The highest BCUT2D eigenvalue weighted by Crippen LogP contribution is 2.27. The summed E-state index contributed by atoms with van der Waals surface area (Å²) in [5.74, 6) is 0.599. The Hall–Kier alpha value is -0.750. The molecule has 1 aromatic carbocycles. The number of methoxy groups -OCH3 is 1. The van der Waals surface area contributed by atoms with Gasteiger partial charge in [0.1, 0.15) is 12.2 Å². The highest BCUT2D eigenvalue weighted by atomic mass is 127. The van der Waals surface area contributed by atoms with Gasteiger partial charge in [0, 0.05) is 17.2 Å². The van der Waals surface area contributed by atoms with Gasteiger partial charge in [0.25, 0.3) is 0 Å². The van der Waals surface area contributed by atoms with E-state index >= 15 is 0 Å². The molecule has 3 nitrogen and oxygen atoms in total. The zero-order valence-corrected chi connectivity index (χ0v) is 13.9. The van der Waals surface area contributed by atoms with E-state index in [9.17, 15) is 0 Å². The Bertz CT molecular complexity index is 409. The fraction of sp³-hybridized carbons (Fsp3) is 0.467. The molecule has 106 valence electrons. The van der Waals surface area contributed by atoms with Crippen LogP contribution in [0.15, 0.2) is 36.7 Å². The van der Waals surface area contributed by atoms with Gasteiger partial charge in [-0.3, -0.25) is 0 Å². The van der Waals surface area contributed by atoms with Gasteiger partial charge in [0.2, 0.25) is 0 Å². The monoisotopic (exact) mass is 375 g/mol. The molecule has 2 atom stereocenters. The van der Waals surface area contributed by atoms with Crippen LogP contribution in [0.3, 0.4) is 0 Å². The second kappa shape index (κ2) is 8.43. The Morgan fingerprint density at radius 3 is 2.68 bits per heavy atom. The second-order valence-electron chi connectivity index (χ2n) is 4.35. The van der Waals surface area contributed by atoms with Crippen LogP contribution in [-0.4, -0.2) is 19.8 Å². The molecular formula is C15H22INO2. The van der Waals surface area contributed by atoms with Crippen LogP contribution < -0.4 is 5.32 Å². The number of rotatable bonds is 8. The first-order valence-corrected chi connectivity index (χ1v) is 7.54. The highest BCUT2D eigenvalue weighted by molar-refractivity contribution is 14.1. The summed E-state index contributed by atoms with van der Waals surface area (Å²) in [6, 6.07) is 8.17. The van der Waals surface area contributed by atoms with Crippen molar-refractivity contribution in [3.05, 3.63) is 45.9 Å². The minimum Gasteiger partial charge on any atom is -0.474 e. The van der Waals surface area contributed by atoms with Crippen molar-refractivity contribution < 1.29 is 9.47 Å². The summed E-state index contributed by atoms with van der Waals surface area (Å²) in [7, 11) is 1.70. The van der Waals surface area contributed by atoms with Crippen molar-refractivity contribution in [1.82, 2.24) is 5.32 Å². The van der Waals surface area contributed by atoms with Crippen LogP contribution in [0.25, 0.3) is 0 Å². The van der Waals surface area contributed by atoms with Crippen LogP contribution in [0.5, 0.6) is 0 Å². The van der Waals surface area contributed by atoms with E-state index in [1.807, 2.05) is 19.1 Å². The average molecular weight is 375 g/mol. The first kappa shape index (κ1) is 16.3. The molecule has 0 saturated heterocycles. The number of ether oxygens (including phenoxy) is 2. The Kier molecular flexibility index (Phi) is 7.23. The predicted molar refractivity (Wildman–Crippen MR) is 86.9 cm³/mol. The largest absolute Gasteiger partial charge is 0.474 e. The normalized spacial score (nSPS) is 13.7. The minimum absolute atomic E-state index is 0.0993. The van der Waals surface area contributed by atoms with E-state index in [1.165, 1.54) is 3.57 Å². The van der Waals surface area contributed by atoms with Crippen molar-refractivity contribution in [1.29, 1.82) is 0 Å². The zero-order chi connectivity index (χ0) is 14.3. The number of halogens is 1. The molecule has 0 fully saturated rings. The Morgan fingerprint density at radius 2 is 2.11 bits per heavy atom. The molecule has 4 heteroatoms. The van der Waals surface area contributed by atoms with E-state index in [-0.39, 0.29) is 12.2 Å². The molecule has 0 aliphatic carbocycles. The van der Waals surface area contributed by atoms with Gasteiger partial charge < -0.3 is 14.8 Å². The van der Waals surface area contributed by atoms with Crippen molar-refractivity contribution in [3.8, 4) is 0 Å². The van der Waals surface area contributed by atoms with Gasteiger partial charge in [-0.1, -0.05) is 25.1 Å². The van der Waals surface area contributed by atoms with Crippen molar-refractivity contribution >= 4 is 22.6 Å². The van der Waals surface area contributed by atoms with Crippen LogP contribution >= 0.6 is 22.6 Å². The maximum Gasteiger partial charge on any atom is 0.179 e. The maximum absolute atomic E-state index is 5.78. The van der Waals surface area contributed by atoms with Crippen molar-refractivity contribution in [2.24, 2.45) is 0 Å². The lowest BCUT2D eigenvalue weighted by Gasteiger charge is -2.26. The summed E-state index contributed by atoms with van der Waals surface area (Å²) in [5, 5.41) is 3.13. The fourth-order valence-corrected chi connectivity index (χ4v) is 2.56. The number of hydrogen-bond donors (Lipinski definition) is 1. The molecule has 1 rings (SSSR count). The van der Waals surface area contributed by atoms with Crippen LogP contribution in [0.2, 0.25) is 0 Å². The van der Waals surface area contributed by atoms with E-state index in [2.05, 4.69) is 53.5 Å². The van der Waals surface area contributed by atoms with E-state index in [1.54, 1.807) is 7.11 Å². The summed E-state index contributed by atoms with van der Waals surface area (Å²) in [6.45, 7) is 8.84. The van der Waals surface area contributed by atoms with Gasteiger partial charge in [-0.25, -0.2) is 0 Å². The third-order valence-electron chi connectivity index (χ3n) is 2.79. The SMILES string of the molecule is C=C(NCCC)O[C@@H](C)[C@@H](OC)c1ccccc1I. The average Bonchev–Trinajstić information content (AvgIpc) is 2.39. The van der Waals surface area contributed by atoms with Gasteiger partial charge in [-0.05, 0) is 54.1 Å². The summed E-state index contributed by atoms with van der Waals surface area (Å²) < 4.78 is 12.5. The Balaban J connectivity index is 2.69. The molecule has 0 aliphatic rings. The third kappa shape index (κ3) is 5.03. The fourth-order valence-electron chi connectivity index (χ4n) is 1.87. The van der Waals surface area contributed by atoms with Gasteiger partial charge in [-0.15, -0.1) is 0 Å². The first-order chi connectivity index (χ1) is 9.10. The van der Waals surface area contributed by atoms with Crippen molar-refractivity contribution in [3.63, 3.8) is 0 Å². The van der Waals surface area contributed by atoms with Gasteiger partial charge >= 0.3 is 0 Å². The lowest BCUT2D eigenvalue weighted by Crippen LogP contribution is -2.25. The molecule has 1 aromatic rings. The molecule has 0 amide bonds. The van der Waals surface area contributed by atoms with Crippen LogP contribution in [-0.2, 0) is 9.47 Å². The van der Waals surface area contributed by atoms with Crippen LogP contribution in [0, 0.1) is 3.57 Å². The lowest BCUT2D eigenvalue weighted by atomic mass is 10.1. The predicted octanol–water partition coefficient (Wildman–Crippen LogP) is 3.85. The molecule has 0 bridgehead atoms. The summed E-state index contributed by atoms with van der Waals surface area (Å²) in [6.07, 6.45) is 0.840. The Morgan fingerprint density at radius 1 is 1.42 bits per heavy atom. The van der Waals surface area contributed by atoms with Gasteiger partial charge in [0.05, 0.1) is 0 Å². The van der Waals surface area contributed by atoms with E-state index in [0.717, 1.165) is 18.5 Å². The van der Waals surface area contributed by atoms with Gasteiger partial charge in [0.15, 0.2) is 5.88 Å². The second-order valence-corrected chi connectivity index (χ2v) is 5.51. The number of nitrogens with one attached hydrogen (secondary N) is 1. The smallest absolute Gasteiger partial charge is 0.179 e. The van der Waals surface area contributed by atoms with Crippen molar-refractivity contribution in [2.75, 3.05) is 13.7 Å². The van der Waals surface area contributed by atoms with Crippen LogP contribution in [0.1, 0.15) is 31.9 Å². The summed E-state index contributed by atoms with van der Waals surface area (Å²) in [5.41, 5.74) is 1.14. The molecule has 0 saturated carbocycles. The molecule has 0 unspecified atom stereocenters. The van der Waals surface area contributed by atoms with E-state index in [4.69, 9.17) is 9.47 Å². The zero-order valence-electron chi connectivity index (χ0n) is 11.8. The number of hydrogen-bond acceptors (Lipinski definition) is 3. The van der Waals surface area contributed by atoms with Gasteiger partial charge in [-0.2, -0.15) is 0 Å². The van der Waals surface area contributed by atoms with E-state index in [0.29, 0.717) is 5.88 Å². The molecule has 1 N–H and O–H groups in total. The quantitative estimate of drug-likeness (QED) is 0.553. The standard InChI is InChI=1S/C15H22INO2/c1-5-10-17-12(3)19-11(2)15(18-4)13-8-6-7-9-14(13)16/h6-9,11,15,17H,3,5,10H2,1-2,4H3/t11-,15+/m0/s1. The minimum atomic E-state index is -0.103.